The largest absolute Gasteiger partial charge is 0.465 e. The first-order chi connectivity index (χ1) is 26.0. The number of benzene rings is 1. The van der Waals surface area contributed by atoms with E-state index in [2.05, 4.69) is 10.3 Å². The van der Waals surface area contributed by atoms with Gasteiger partial charge in [-0.3, -0.25) is 34.1 Å². The van der Waals surface area contributed by atoms with Crippen molar-refractivity contribution in [3.8, 4) is 0 Å². The number of amides is 4. The van der Waals surface area contributed by atoms with E-state index < -0.39 is 45.7 Å². The number of rotatable bonds is 18. The Morgan fingerprint density at radius 1 is 0.891 bits per heavy atom. The molecule has 2 atom stereocenters. The van der Waals surface area contributed by atoms with E-state index >= 15 is 0 Å². The van der Waals surface area contributed by atoms with Crippen LogP contribution in [-0.2, 0) is 54.7 Å². The maximum Gasteiger partial charge on any atom is 0.308 e. The Morgan fingerprint density at radius 3 is 2.02 bits per heavy atom. The molecule has 0 unspecified atom stereocenters. The molecule has 3 N–H and O–H groups in total. The number of carbonyl (C=O) groups is 6. The highest BCUT2D eigenvalue weighted by molar-refractivity contribution is 7.88. The van der Waals surface area contributed by atoms with Crippen LogP contribution in [0, 0.1) is 17.8 Å². The van der Waals surface area contributed by atoms with Crippen LogP contribution in [0.15, 0.2) is 35.3 Å². The van der Waals surface area contributed by atoms with Gasteiger partial charge in [-0.05, 0) is 56.4 Å². The minimum atomic E-state index is -3.93. The summed E-state index contributed by atoms with van der Waals surface area (Å²) in [6, 6.07) is 7.18. The smallest absolute Gasteiger partial charge is 0.308 e. The van der Waals surface area contributed by atoms with Gasteiger partial charge in [0, 0.05) is 39.0 Å². The van der Waals surface area contributed by atoms with Gasteiger partial charge >= 0.3 is 11.9 Å². The molecule has 0 radical (unpaired) electrons. The van der Waals surface area contributed by atoms with Gasteiger partial charge in [-0.2, -0.15) is 9.30 Å². The van der Waals surface area contributed by atoms with Gasteiger partial charge < -0.3 is 25.0 Å². The predicted octanol–water partition coefficient (Wildman–Crippen LogP) is 2.01. The number of guanidine groups is 1. The van der Waals surface area contributed by atoms with Crippen LogP contribution in [0.25, 0.3) is 0 Å². The second-order valence-corrected chi connectivity index (χ2v) is 16.7. The molecule has 2 aliphatic heterocycles. The molecule has 2 heterocycles. The molecule has 3 rings (SSSR count). The van der Waals surface area contributed by atoms with Gasteiger partial charge in [-0.15, -0.1) is 0 Å². The Kier molecular flexibility index (Phi) is 17.7. The van der Waals surface area contributed by atoms with Crippen molar-refractivity contribution in [2.45, 2.75) is 97.6 Å². The van der Waals surface area contributed by atoms with Gasteiger partial charge in [0.25, 0.3) is 0 Å². The Labute approximate surface area is 324 Å². The molecule has 2 aliphatic rings. The third-order valence-electron chi connectivity index (χ3n) is 9.54. The molecule has 2 saturated heterocycles. The molecule has 1 aromatic carbocycles. The van der Waals surface area contributed by atoms with Crippen LogP contribution >= 0.6 is 0 Å². The summed E-state index contributed by atoms with van der Waals surface area (Å²) in [6.45, 7) is 7.92. The van der Waals surface area contributed by atoms with Crippen molar-refractivity contribution < 1.29 is 46.7 Å². The average molecular weight is 791 g/mol. The molecule has 0 aromatic heterocycles. The van der Waals surface area contributed by atoms with Gasteiger partial charge in [0.15, 0.2) is 0 Å². The highest BCUT2D eigenvalue weighted by atomic mass is 32.2. The van der Waals surface area contributed by atoms with Crippen LogP contribution in [0.2, 0.25) is 0 Å². The number of ether oxygens (including phenoxy) is 2. The average Bonchev–Trinajstić information content (AvgIpc) is 3.63. The van der Waals surface area contributed by atoms with E-state index in [1.54, 1.807) is 32.6 Å². The second kappa shape index (κ2) is 21.6. The van der Waals surface area contributed by atoms with Crippen LogP contribution in [0.1, 0.15) is 84.6 Å². The summed E-state index contributed by atoms with van der Waals surface area (Å²) in [7, 11) is -3.93. The van der Waals surface area contributed by atoms with E-state index in [-0.39, 0.29) is 87.5 Å². The summed E-state index contributed by atoms with van der Waals surface area (Å²) in [5.74, 6) is -3.53. The molecule has 306 valence electrons. The zero-order valence-corrected chi connectivity index (χ0v) is 33.6. The van der Waals surface area contributed by atoms with Crippen molar-refractivity contribution in [2.24, 2.45) is 28.5 Å². The first-order valence-corrected chi connectivity index (χ1v) is 20.9. The highest BCUT2D eigenvalue weighted by Gasteiger charge is 2.42. The van der Waals surface area contributed by atoms with Crippen LogP contribution in [0.5, 0.6) is 0 Å². The summed E-state index contributed by atoms with van der Waals surface area (Å²) in [5, 5.41) is 2.73. The van der Waals surface area contributed by atoms with Gasteiger partial charge in [-0.1, -0.05) is 58.0 Å². The van der Waals surface area contributed by atoms with Crippen molar-refractivity contribution >= 4 is 51.6 Å². The number of hydrogen-bond acceptors (Lipinski definition) is 10. The number of primary amides is 1. The number of hydrogen-bond donors (Lipinski definition) is 2. The lowest BCUT2D eigenvalue weighted by Gasteiger charge is -2.38. The summed E-state index contributed by atoms with van der Waals surface area (Å²) in [6.07, 6.45) is 3.55. The fraction of sp³-hybridized carbons (Fsp3) is 0.658. The van der Waals surface area contributed by atoms with Crippen molar-refractivity contribution in [3.63, 3.8) is 0 Å². The number of aliphatic imine (C=N–C) groups is 1. The highest BCUT2D eigenvalue weighted by Crippen LogP contribution is 2.26. The van der Waals surface area contributed by atoms with Crippen LogP contribution < -0.4 is 11.1 Å². The Balaban J connectivity index is 1.75. The van der Waals surface area contributed by atoms with E-state index in [9.17, 15) is 37.2 Å². The van der Waals surface area contributed by atoms with Crippen LogP contribution in [0.3, 0.4) is 0 Å². The standard InChI is InChI=1S/C38H58N6O10S/c1-26(2)36(49)53-22-10-15-32(45)40-38(41-33(46)16-11-23-54-37(50)27(3)4)42-20-17-29(18-21-42)25-44(55(5,51)52)31(24-28-12-7-6-8-13-28)35(48)43-19-9-14-30(43)34(39)47/h6-8,12-13,26-27,29-31H,9-11,14-25H2,1-5H3,(H2,39,47)(H,40,41,45,46)/t30-,31+/m0/s1. The number of nitrogens with two attached hydrogens (primary N) is 1. The first-order valence-electron chi connectivity index (χ1n) is 19.1. The Bertz CT molecular complexity index is 1630. The SMILES string of the molecule is CC(C)C(=O)OCCCC(=O)N=C(NC(=O)CCCOC(=O)C(C)C)N1CCC(CN([C@H](Cc2ccccc2)C(=O)N2CCC[C@H]2C(N)=O)S(C)(=O)=O)CC1. The molecule has 4 amide bonds. The molecular formula is C38H58N6O10S. The molecule has 0 aliphatic carbocycles. The van der Waals surface area contributed by atoms with E-state index in [1.807, 2.05) is 30.3 Å². The summed E-state index contributed by atoms with van der Waals surface area (Å²) in [5.41, 5.74) is 6.39. The molecule has 0 spiro atoms. The molecule has 1 aromatic rings. The molecule has 55 heavy (non-hydrogen) atoms. The molecule has 0 saturated carbocycles. The fourth-order valence-electron chi connectivity index (χ4n) is 6.42. The van der Waals surface area contributed by atoms with Crippen molar-refractivity contribution in [1.82, 2.24) is 19.4 Å². The predicted molar refractivity (Wildman–Crippen MR) is 204 cm³/mol. The Hall–Kier alpha value is -4.38. The topological polar surface area (TPSA) is 215 Å². The second-order valence-electron chi connectivity index (χ2n) is 14.8. The van der Waals surface area contributed by atoms with Gasteiger partial charge in [-0.25, -0.2) is 8.42 Å². The maximum absolute atomic E-state index is 14.1. The van der Waals surface area contributed by atoms with Crippen LogP contribution in [0.4, 0.5) is 0 Å². The van der Waals surface area contributed by atoms with E-state index in [4.69, 9.17) is 15.2 Å². The minimum Gasteiger partial charge on any atom is -0.465 e. The van der Waals surface area contributed by atoms with Crippen molar-refractivity contribution in [2.75, 3.05) is 45.6 Å². The number of esters is 2. The molecule has 2 fully saturated rings. The first kappa shape index (κ1) is 45.0. The number of sulfonamides is 1. The zero-order valence-electron chi connectivity index (χ0n) is 32.7. The van der Waals surface area contributed by atoms with E-state index in [0.29, 0.717) is 45.3 Å². The molecular weight excluding hydrogens is 733 g/mol. The van der Waals surface area contributed by atoms with Crippen LogP contribution in [-0.4, -0.2) is 122 Å². The fourth-order valence-corrected chi connectivity index (χ4v) is 7.53. The van der Waals surface area contributed by atoms with Crippen molar-refractivity contribution in [3.05, 3.63) is 35.9 Å². The lowest BCUT2D eigenvalue weighted by atomic mass is 9.95. The quantitative estimate of drug-likeness (QED) is 0.0950. The third kappa shape index (κ3) is 14.7. The lowest BCUT2D eigenvalue weighted by Crippen LogP contribution is -2.56. The Morgan fingerprint density at radius 2 is 1.47 bits per heavy atom. The zero-order chi connectivity index (χ0) is 40.7. The van der Waals surface area contributed by atoms with E-state index in [1.165, 1.54) is 9.21 Å². The summed E-state index contributed by atoms with van der Waals surface area (Å²) in [4.78, 5) is 83.2. The number of nitrogens with one attached hydrogen (secondary N) is 1. The van der Waals surface area contributed by atoms with Gasteiger partial charge in [0.2, 0.25) is 39.6 Å². The number of likely N-dealkylation sites (tertiary alicyclic amines) is 2. The maximum atomic E-state index is 14.1. The summed E-state index contributed by atoms with van der Waals surface area (Å²) < 4.78 is 38.4. The van der Waals surface area contributed by atoms with Gasteiger partial charge in [0.05, 0.1) is 31.3 Å². The summed E-state index contributed by atoms with van der Waals surface area (Å²) >= 11 is 0. The monoisotopic (exact) mass is 790 g/mol. The normalized spacial score (nSPS) is 17.4. The molecule has 17 heteroatoms. The number of nitrogens with zero attached hydrogens (tertiary/aromatic N) is 4. The van der Waals surface area contributed by atoms with Gasteiger partial charge in [0.1, 0.15) is 12.1 Å². The minimum absolute atomic E-state index is 0.00792. The lowest BCUT2D eigenvalue weighted by molar-refractivity contribution is -0.148. The number of carbonyl (C=O) groups excluding carboxylic acids is 6. The number of piperidine rings is 1. The van der Waals surface area contributed by atoms with Crippen molar-refractivity contribution in [1.29, 1.82) is 0 Å². The molecule has 0 bridgehead atoms. The molecule has 16 nitrogen and oxygen atoms in total. The van der Waals surface area contributed by atoms with E-state index in [0.717, 1.165) is 11.8 Å². The third-order valence-corrected chi connectivity index (χ3v) is 10.8.